The molecular formula is C17H16BrNO. The van der Waals surface area contributed by atoms with Crippen LogP contribution in [0.3, 0.4) is 0 Å². The van der Waals surface area contributed by atoms with Crippen molar-refractivity contribution in [3.63, 3.8) is 0 Å². The average molecular weight is 330 g/mol. The zero-order valence-electron chi connectivity index (χ0n) is 11.3. The van der Waals surface area contributed by atoms with Crippen molar-refractivity contribution in [1.29, 1.82) is 0 Å². The summed E-state index contributed by atoms with van der Waals surface area (Å²) < 4.78 is 0.966. The van der Waals surface area contributed by atoms with Crippen LogP contribution in [0.1, 0.15) is 22.8 Å². The summed E-state index contributed by atoms with van der Waals surface area (Å²) in [5, 5.41) is 3.17. The van der Waals surface area contributed by atoms with Gasteiger partial charge in [-0.1, -0.05) is 41.1 Å². The third-order valence-corrected chi connectivity index (χ3v) is 3.53. The number of nitrogens with one attached hydrogen (secondary N) is 1. The lowest BCUT2D eigenvalue weighted by molar-refractivity contribution is 0.104. The summed E-state index contributed by atoms with van der Waals surface area (Å²) in [6, 6.07) is 15.4. The van der Waals surface area contributed by atoms with Crippen LogP contribution in [0.5, 0.6) is 0 Å². The van der Waals surface area contributed by atoms with Crippen LogP contribution >= 0.6 is 15.9 Å². The molecule has 2 aromatic rings. The monoisotopic (exact) mass is 329 g/mol. The Morgan fingerprint density at radius 2 is 1.85 bits per heavy atom. The van der Waals surface area contributed by atoms with Gasteiger partial charge in [0.15, 0.2) is 5.78 Å². The van der Waals surface area contributed by atoms with E-state index in [1.807, 2.05) is 30.3 Å². The minimum atomic E-state index is -0.0148. The summed E-state index contributed by atoms with van der Waals surface area (Å²) >= 11 is 3.35. The molecule has 0 aromatic heterocycles. The zero-order valence-corrected chi connectivity index (χ0v) is 12.9. The minimum Gasteiger partial charge on any atom is -0.361 e. The highest BCUT2D eigenvalue weighted by molar-refractivity contribution is 9.10. The Balaban J connectivity index is 2.03. The van der Waals surface area contributed by atoms with Crippen molar-refractivity contribution >= 4 is 27.4 Å². The number of para-hydroxylation sites is 1. The Kier molecular flexibility index (Phi) is 5.13. The molecule has 2 nitrogen and oxygen atoms in total. The van der Waals surface area contributed by atoms with Crippen LogP contribution in [-0.2, 0) is 6.42 Å². The first-order valence-corrected chi connectivity index (χ1v) is 7.31. The van der Waals surface area contributed by atoms with Gasteiger partial charge in [-0.25, -0.2) is 0 Å². The van der Waals surface area contributed by atoms with Gasteiger partial charge in [-0.2, -0.15) is 0 Å². The third-order valence-electron chi connectivity index (χ3n) is 3.00. The number of aryl methyl sites for hydroxylation is 1. The summed E-state index contributed by atoms with van der Waals surface area (Å²) in [5.74, 6) is -0.0148. The fraction of sp³-hybridized carbons (Fsp3) is 0.118. The summed E-state index contributed by atoms with van der Waals surface area (Å²) in [4.78, 5) is 12.0. The molecule has 0 aliphatic heterocycles. The second kappa shape index (κ2) is 7.06. The fourth-order valence-corrected chi connectivity index (χ4v) is 2.15. The normalized spacial score (nSPS) is 10.7. The van der Waals surface area contributed by atoms with Gasteiger partial charge in [-0.05, 0) is 42.3 Å². The maximum absolute atomic E-state index is 12.0. The molecule has 2 aromatic carbocycles. The second-order valence-corrected chi connectivity index (χ2v) is 5.28. The molecule has 1 N–H and O–H groups in total. The minimum absolute atomic E-state index is 0.0148. The Labute approximate surface area is 127 Å². The van der Waals surface area contributed by atoms with E-state index in [-0.39, 0.29) is 5.78 Å². The van der Waals surface area contributed by atoms with Crippen LogP contribution < -0.4 is 5.32 Å². The second-order valence-electron chi connectivity index (χ2n) is 4.36. The molecule has 0 unspecified atom stereocenters. The van der Waals surface area contributed by atoms with Crippen molar-refractivity contribution in [2.45, 2.75) is 13.3 Å². The average Bonchev–Trinajstić information content (AvgIpc) is 2.48. The number of ketones is 1. The third kappa shape index (κ3) is 3.81. The highest BCUT2D eigenvalue weighted by Gasteiger charge is 2.01. The van der Waals surface area contributed by atoms with E-state index in [2.05, 4.69) is 34.2 Å². The van der Waals surface area contributed by atoms with E-state index in [0.717, 1.165) is 16.6 Å². The van der Waals surface area contributed by atoms with E-state index in [1.165, 1.54) is 5.56 Å². The number of hydrogen-bond acceptors (Lipinski definition) is 2. The standard InChI is InChI=1S/C17H16BrNO/c1-2-13-5-3-4-6-16(13)19-12-11-17(20)14-7-9-15(18)10-8-14/h3-12,19H,2H2,1H3/b12-11+. The molecule has 0 bridgehead atoms. The predicted octanol–water partition coefficient (Wildman–Crippen LogP) is 4.82. The van der Waals surface area contributed by atoms with E-state index in [4.69, 9.17) is 0 Å². The van der Waals surface area contributed by atoms with E-state index in [0.29, 0.717) is 5.56 Å². The maximum atomic E-state index is 12.0. The number of benzene rings is 2. The maximum Gasteiger partial charge on any atom is 0.187 e. The number of allylic oxidation sites excluding steroid dienone is 1. The Hall–Kier alpha value is -1.87. The molecule has 102 valence electrons. The van der Waals surface area contributed by atoms with Crippen LogP contribution in [0.2, 0.25) is 0 Å². The number of halogens is 1. The Morgan fingerprint density at radius 1 is 1.15 bits per heavy atom. The highest BCUT2D eigenvalue weighted by atomic mass is 79.9. The highest BCUT2D eigenvalue weighted by Crippen LogP contribution is 2.15. The van der Waals surface area contributed by atoms with Crippen molar-refractivity contribution in [1.82, 2.24) is 0 Å². The quantitative estimate of drug-likeness (QED) is 0.629. The van der Waals surface area contributed by atoms with Gasteiger partial charge in [-0.15, -0.1) is 0 Å². The first-order valence-electron chi connectivity index (χ1n) is 6.51. The molecular weight excluding hydrogens is 314 g/mol. The van der Waals surface area contributed by atoms with Gasteiger partial charge < -0.3 is 5.32 Å². The van der Waals surface area contributed by atoms with E-state index >= 15 is 0 Å². The Morgan fingerprint density at radius 3 is 2.55 bits per heavy atom. The molecule has 0 saturated heterocycles. The predicted molar refractivity (Wildman–Crippen MR) is 87.1 cm³/mol. The van der Waals surface area contributed by atoms with Crippen LogP contribution in [0, 0.1) is 0 Å². The van der Waals surface area contributed by atoms with Crippen molar-refractivity contribution in [2.24, 2.45) is 0 Å². The molecule has 0 aliphatic carbocycles. The van der Waals surface area contributed by atoms with Gasteiger partial charge in [0.1, 0.15) is 0 Å². The lowest BCUT2D eigenvalue weighted by Gasteiger charge is -2.06. The first kappa shape index (κ1) is 14.5. The van der Waals surface area contributed by atoms with Crippen molar-refractivity contribution < 1.29 is 4.79 Å². The summed E-state index contributed by atoms with van der Waals surface area (Å²) in [6.45, 7) is 2.11. The van der Waals surface area contributed by atoms with E-state index < -0.39 is 0 Å². The van der Waals surface area contributed by atoms with Crippen molar-refractivity contribution in [3.8, 4) is 0 Å². The molecule has 0 spiro atoms. The Bertz CT molecular complexity index is 617. The van der Waals surface area contributed by atoms with Crippen LogP contribution in [-0.4, -0.2) is 5.78 Å². The van der Waals surface area contributed by atoms with E-state index in [1.54, 1.807) is 24.4 Å². The summed E-state index contributed by atoms with van der Waals surface area (Å²) in [6.07, 6.45) is 4.20. The number of anilines is 1. The molecule has 0 heterocycles. The number of rotatable bonds is 5. The summed E-state index contributed by atoms with van der Waals surface area (Å²) in [7, 11) is 0. The number of hydrogen-bond donors (Lipinski definition) is 1. The van der Waals surface area contributed by atoms with Gasteiger partial charge in [-0.3, -0.25) is 4.79 Å². The largest absolute Gasteiger partial charge is 0.361 e. The lowest BCUT2D eigenvalue weighted by Crippen LogP contribution is -1.97. The topological polar surface area (TPSA) is 29.1 Å². The van der Waals surface area contributed by atoms with Gasteiger partial charge in [0.05, 0.1) is 0 Å². The van der Waals surface area contributed by atoms with E-state index in [9.17, 15) is 4.79 Å². The molecule has 0 amide bonds. The molecule has 0 fully saturated rings. The number of carbonyl (C=O) groups is 1. The van der Waals surface area contributed by atoms with Gasteiger partial charge in [0.2, 0.25) is 0 Å². The molecule has 0 saturated carbocycles. The van der Waals surface area contributed by atoms with Crippen molar-refractivity contribution in [3.05, 3.63) is 76.4 Å². The summed E-state index contributed by atoms with van der Waals surface area (Å²) in [5.41, 5.74) is 2.94. The fourth-order valence-electron chi connectivity index (χ4n) is 1.89. The lowest BCUT2D eigenvalue weighted by atomic mass is 10.1. The molecule has 0 atom stereocenters. The SMILES string of the molecule is CCc1ccccc1N/C=C/C(=O)c1ccc(Br)cc1. The van der Waals surface area contributed by atoms with Gasteiger partial charge >= 0.3 is 0 Å². The number of carbonyl (C=O) groups excluding carboxylic acids is 1. The molecule has 0 radical (unpaired) electrons. The molecule has 0 aliphatic rings. The molecule has 2 rings (SSSR count). The molecule has 20 heavy (non-hydrogen) atoms. The smallest absolute Gasteiger partial charge is 0.187 e. The van der Waals surface area contributed by atoms with Crippen LogP contribution in [0.15, 0.2) is 65.3 Å². The zero-order chi connectivity index (χ0) is 14.4. The van der Waals surface area contributed by atoms with Crippen molar-refractivity contribution in [2.75, 3.05) is 5.32 Å². The van der Waals surface area contributed by atoms with Gasteiger partial charge in [0, 0.05) is 28.0 Å². The first-order chi connectivity index (χ1) is 9.70. The van der Waals surface area contributed by atoms with Crippen LogP contribution in [0.25, 0.3) is 0 Å². The van der Waals surface area contributed by atoms with Gasteiger partial charge in [0.25, 0.3) is 0 Å². The van der Waals surface area contributed by atoms with Crippen LogP contribution in [0.4, 0.5) is 5.69 Å². The molecule has 3 heteroatoms.